The third kappa shape index (κ3) is 5.73. The second-order valence-electron chi connectivity index (χ2n) is 5.34. The van der Waals surface area contributed by atoms with Gasteiger partial charge in [0.05, 0.1) is 15.7 Å². The van der Waals surface area contributed by atoms with E-state index in [1.54, 1.807) is 30.3 Å². The molecule has 2 aromatic carbocycles. The molecule has 0 saturated carbocycles. The summed E-state index contributed by atoms with van der Waals surface area (Å²) < 4.78 is 17.9. The number of nitrogens with one attached hydrogen (secondary N) is 1. The second-order valence-corrected chi connectivity index (χ2v) is 6.16. The second kappa shape index (κ2) is 8.83. The quantitative estimate of drug-likeness (QED) is 0.739. The van der Waals surface area contributed by atoms with Crippen LogP contribution in [0.25, 0.3) is 0 Å². The van der Waals surface area contributed by atoms with Gasteiger partial charge in [-0.15, -0.1) is 0 Å². The van der Waals surface area contributed by atoms with Gasteiger partial charge in [-0.1, -0.05) is 41.4 Å². The largest absolute Gasteiger partial charge is 0.453 e. The number of hydrogen-bond donors (Lipinski definition) is 1. The number of ether oxygens (including phenoxy) is 1. The molecule has 0 spiro atoms. The Hall–Kier alpha value is -2.11. The van der Waals surface area contributed by atoms with Crippen LogP contribution in [-0.2, 0) is 20.7 Å². The molecule has 25 heavy (non-hydrogen) atoms. The maximum Gasteiger partial charge on any atom is 0.306 e. The Morgan fingerprint density at radius 2 is 1.72 bits per heavy atom. The number of rotatable bonds is 6. The Kier molecular flexibility index (Phi) is 6.79. The van der Waals surface area contributed by atoms with Crippen molar-refractivity contribution in [2.75, 3.05) is 5.32 Å². The minimum absolute atomic E-state index is 0.0795. The number of carbonyl (C=O) groups is 2. The molecule has 0 saturated heterocycles. The third-order valence-electron chi connectivity index (χ3n) is 3.42. The van der Waals surface area contributed by atoms with Gasteiger partial charge in [-0.25, -0.2) is 4.39 Å². The van der Waals surface area contributed by atoms with Gasteiger partial charge in [-0.2, -0.15) is 0 Å². The predicted octanol–water partition coefficient (Wildman–Crippen LogP) is 4.64. The van der Waals surface area contributed by atoms with E-state index >= 15 is 0 Å². The van der Waals surface area contributed by atoms with Crippen molar-refractivity contribution in [2.24, 2.45) is 0 Å². The number of carbonyl (C=O) groups excluding carboxylic acids is 2. The molecule has 0 heterocycles. The molecule has 4 nitrogen and oxygen atoms in total. The summed E-state index contributed by atoms with van der Waals surface area (Å²) in [5.74, 6) is -1.41. The van der Waals surface area contributed by atoms with Gasteiger partial charge in [-0.3, -0.25) is 9.59 Å². The van der Waals surface area contributed by atoms with E-state index < -0.39 is 18.0 Å². The third-order valence-corrected chi connectivity index (χ3v) is 4.05. The highest BCUT2D eigenvalue weighted by molar-refractivity contribution is 6.39. The van der Waals surface area contributed by atoms with Gasteiger partial charge in [0, 0.05) is 6.42 Å². The van der Waals surface area contributed by atoms with Crippen molar-refractivity contribution in [3.05, 3.63) is 63.9 Å². The van der Waals surface area contributed by atoms with Gasteiger partial charge in [0.1, 0.15) is 5.82 Å². The molecular weight excluding hydrogens is 368 g/mol. The van der Waals surface area contributed by atoms with Crippen LogP contribution in [0.1, 0.15) is 18.9 Å². The molecule has 0 aliphatic heterocycles. The molecule has 0 aromatic heterocycles. The fourth-order valence-electron chi connectivity index (χ4n) is 2.05. The molecule has 0 unspecified atom stereocenters. The van der Waals surface area contributed by atoms with Crippen molar-refractivity contribution in [2.45, 2.75) is 25.9 Å². The predicted molar refractivity (Wildman–Crippen MR) is 95.4 cm³/mol. The summed E-state index contributed by atoms with van der Waals surface area (Å²) in [6.45, 7) is 1.45. The molecule has 0 bridgehead atoms. The number of benzene rings is 2. The summed E-state index contributed by atoms with van der Waals surface area (Å²) in [6, 6.07) is 10.7. The SMILES string of the molecule is C[C@H](OC(=O)CCc1ccc(F)cc1)C(=O)Nc1c(Cl)cccc1Cl. The fourth-order valence-corrected chi connectivity index (χ4v) is 2.54. The summed E-state index contributed by atoms with van der Waals surface area (Å²) in [4.78, 5) is 24.0. The molecule has 2 aromatic rings. The van der Waals surface area contributed by atoms with E-state index in [1.807, 2.05) is 0 Å². The van der Waals surface area contributed by atoms with E-state index in [-0.39, 0.29) is 28.0 Å². The lowest BCUT2D eigenvalue weighted by Gasteiger charge is -2.15. The van der Waals surface area contributed by atoms with Crippen molar-refractivity contribution in [3.63, 3.8) is 0 Å². The van der Waals surface area contributed by atoms with E-state index in [4.69, 9.17) is 27.9 Å². The van der Waals surface area contributed by atoms with Crippen molar-refractivity contribution in [1.82, 2.24) is 0 Å². The Bertz CT molecular complexity index is 745. The van der Waals surface area contributed by atoms with E-state index in [0.717, 1.165) is 5.56 Å². The van der Waals surface area contributed by atoms with E-state index in [1.165, 1.54) is 19.1 Å². The van der Waals surface area contributed by atoms with Crippen molar-refractivity contribution >= 4 is 40.8 Å². The van der Waals surface area contributed by atoms with Crippen molar-refractivity contribution < 1.29 is 18.7 Å². The molecule has 0 aliphatic carbocycles. The van der Waals surface area contributed by atoms with Crippen LogP contribution in [0.15, 0.2) is 42.5 Å². The average Bonchev–Trinajstić information content (AvgIpc) is 2.57. The van der Waals surface area contributed by atoms with E-state index in [9.17, 15) is 14.0 Å². The number of esters is 1. The lowest BCUT2D eigenvalue weighted by molar-refractivity contribution is -0.153. The van der Waals surface area contributed by atoms with Crippen LogP contribution in [0.3, 0.4) is 0 Å². The standard InChI is InChI=1S/C18H16Cl2FNO3/c1-11(18(24)22-17-14(19)3-2-4-15(17)20)25-16(23)10-7-12-5-8-13(21)9-6-12/h2-6,8-9,11H,7,10H2,1H3,(H,22,24)/t11-/m0/s1. The van der Waals surface area contributed by atoms with Gasteiger partial charge in [0.25, 0.3) is 5.91 Å². The van der Waals surface area contributed by atoms with Gasteiger partial charge < -0.3 is 10.1 Å². The maximum absolute atomic E-state index is 12.8. The first kappa shape index (κ1) is 19.2. The number of anilines is 1. The average molecular weight is 384 g/mol. The van der Waals surface area contributed by atoms with Crippen LogP contribution in [0.5, 0.6) is 0 Å². The molecule has 0 aliphatic rings. The Morgan fingerprint density at radius 1 is 1.12 bits per heavy atom. The van der Waals surface area contributed by atoms with Gasteiger partial charge in [-0.05, 0) is 43.2 Å². The first-order chi connectivity index (χ1) is 11.9. The number of hydrogen-bond acceptors (Lipinski definition) is 3. The summed E-state index contributed by atoms with van der Waals surface area (Å²) >= 11 is 12.0. The van der Waals surface area contributed by atoms with Gasteiger partial charge in [0.2, 0.25) is 0 Å². The van der Waals surface area contributed by atoms with Crippen LogP contribution in [0.2, 0.25) is 10.0 Å². The van der Waals surface area contributed by atoms with Crippen LogP contribution in [0.4, 0.5) is 10.1 Å². The highest BCUT2D eigenvalue weighted by Gasteiger charge is 2.19. The molecule has 7 heteroatoms. The Balaban J connectivity index is 1.85. The van der Waals surface area contributed by atoms with Crippen molar-refractivity contribution in [1.29, 1.82) is 0 Å². The number of aryl methyl sites for hydroxylation is 1. The minimum Gasteiger partial charge on any atom is -0.453 e. The molecule has 1 N–H and O–H groups in total. The van der Waals surface area contributed by atoms with Crippen LogP contribution in [-0.4, -0.2) is 18.0 Å². The summed E-state index contributed by atoms with van der Waals surface area (Å²) in [6.07, 6.45) is -0.534. The Labute approximate surface area is 154 Å². The zero-order valence-corrected chi connectivity index (χ0v) is 14.9. The molecular formula is C18H16Cl2FNO3. The first-order valence-corrected chi connectivity index (χ1v) is 8.31. The summed E-state index contributed by atoms with van der Waals surface area (Å²) in [7, 11) is 0. The smallest absolute Gasteiger partial charge is 0.306 e. The lowest BCUT2D eigenvalue weighted by Crippen LogP contribution is -2.30. The number of halogens is 3. The van der Waals surface area contributed by atoms with Crippen LogP contribution < -0.4 is 5.32 Å². The molecule has 2 rings (SSSR count). The van der Waals surface area contributed by atoms with Crippen molar-refractivity contribution in [3.8, 4) is 0 Å². The van der Waals surface area contributed by atoms with E-state index in [2.05, 4.69) is 5.32 Å². The minimum atomic E-state index is -1.01. The zero-order chi connectivity index (χ0) is 18.4. The van der Waals surface area contributed by atoms with E-state index in [0.29, 0.717) is 6.42 Å². The summed E-state index contributed by atoms with van der Waals surface area (Å²) in [5.41, 5.74) is 1.07. The number of para-hydroxylation sites is 1. The zero-order valence-electron chi connectivity index (χ0n) is 13.4. The topological polar surface area (TPSA) is 55.4 Å². The maximum atomic E-state index is 12.8. The number of amides is 1. The van der Waals surface area contributed by atoms with Gasteiger partial charge in [0.15, 0.2) is 6.10 Å². The monoisotopic (exact) mass is 383 g/mol. The van der Waals surface area contributed by atoms with Gasteiger partial charge >= 0.3 is 5.97 Å². The fraction of sp³-hybridized carbons (Fsp3) is 0.222. The Morgan fingerprint density at radius 3 is 2.32 bits per heavy atom. The highest BCUT2D eigenvalue weighted by Crippen LogP contribution is 2.29. The normalized spacial score (nSPS) is 11.7. The molecule has 1 amide bonds. The molecule has 0 fully saturated rings. The molecule has 0 radical (unpaired) electrons. The molecule has 132 valence electrons. The molecule has 1 atom stereocenters. The summed E-state index contributed by atoms with van der Waals surface area (Å²) in [5, 5.41) is 3.12. The highest BCUT2D eigenvalue weighted by atomic mass is 35.5. The van der Waals surface area contributed by atoms with Crippen LogP contribution >= 0.6 is 23.2 Å². The first-order valence-electron chi connectivity index (χ1n) is 7.55. The lowest BCUT2D eigenvalue weighted by atomic mass is 10.1. The van der Waals surface area contributed by atoms with Crippen LogP contribution in [0, 0.1) is 5.82 Å².